The smallest absolute Gasteiger partial charge is 0.223 e. The summed E-state index contributed by atoms with van der Waals surface area (Å²) >= 11 is 0. The zero-order valence-electron chi connectivity index (χ0n) is 11.6. The van der Waals surface area contributed by atoms with Crippen molar-refractivity contribution in [2.24, 2.45) is 5.73 Å². The fourth-order valence-corrected chi connectivity index (χ4v) is 1.99. The van der Waals surface area contributed by atoms with Gasteiger partial charge in [0, 0.05) is 25.0 Å². The molecule has 1 amide bonds. The quantitative estimate of drug-likeness (QED) is 0.868. The van der Waals surface area contributed by atoms with Crippen LogP contribution in [-0.2, 0) is 11.2 Å². The summed E-state index contributed by atoms with van der Waals surface area (Å²) in [6.07, 6.45) is 1.33. The van der Waals surface area contributed by atoms with Crippen molar-refractivity contribution in [3.8, 4) is 0 Å². The van der Waals surface area contributed by atoms with E-state index in [0.717, 1.165) is 6.42 Å². The van der Waals surface area contributed by atoms with Crippen LogP contribution in [0.25, 0.3) is 0 Å². The molecule has 0 unspecified atom stereocenters. The van der Waals surface area contributed by atoms with Gasteiger partial charge < -0.3 is 10.6 Å². The third-order valence-electron chi connectivity index (χ3n) is 2.93. The number of hydrogen-bond donors (Lipinski definition) is 1. The predicted octanol–water partition coefficient (Wildman–Crippen LogP) is 2.21. The summed E-state index contributed by atoms with van der Waals surface area (Å²) < 4.78 is 0. The Kier molecular flexibility index (Phi) is 5.35. The van der Waals surface area contributed by atoms with Crippen LogP contribution in [0.15, 0.2) is 30.3 Å². The van der Waals surface area contributed by atoms with Crippen LogP contribution in [0.3, 0.4) is 0 Å². The molecule has 0 radical (unpaired) electrons. The normalized spacial score (nSPS) is 11.3. The molecule has 3 heteroatoms. The van der Waals surface area contributed by atoms with Crippen LogP contribution in [0.2, 0.25) is 0 Å². The third-order valence-corrected chi connectivity index (χ3v) is 2.93. The average Bonchev–Trinajstić information content (AvgIpc) is 2.33. The van der Waals surface area contributed by atoms with E-state index < -0.39 is 0 Å². The molecule has 1 rings (SSSR count). The monoisotopic (exact) mass is 248 g/mol. The number of nitrogens with two attached hydrogens (primary N) is 1. The first-order chi connectivity index (χ1) is 8.45. The molecule has 2 N–H and O–H groups in total. The van der Waals surface area contributed by atoms with Crippen LogP contribution in [0.4, 0.5) is 0 Å². The number of amides is 1. The van der Waals surface area contributed by atoms with Crippen LogP contribution in [-0.4, -0.2) is 29.4 Å². The second-order valence-corrected chi connectivity index (χ2v) is 5.49. The van der Waals surface area contributed by atoms with Gasteiger partial charge in [-0.05, 0) is 32.8 Å². The number of rotatable bonds is 5. The highest BCUT2D eigenvalue weighted by atomic mass is 16.2. The minimum Gasteiger partial charge on any atom is -0.337 e. The molecule has 1 aromatic carbocycles. The Morgan fingerprint density at radius 3 is 2.33 bits per heavy atom. The average molecular weight is 248 g/mol. The summed E-state index contributed by atoms with van der Waals surface area (Å²) in [4.78, 5) is 14.1. The topological polar surface area (TPSA) is 46.3 Å². The molecule has 18 heavy (non-hydrogen) atoms. The van der Waals surface area contributed by atoms with E-state index >= 15 is 0 Å². The van der Waals surface area contributed by atoms with Gasteiger partial charge in [0.1, 0.15) is 0 Å². The van der Waals surface area contributed by atoms with Crippen molar-refractivity contribution in [3.05, 3.63) is 35.9 Å². The molecule has 0 fully saturated rings. The fraction of sp³-hybridized carbons (Fsp3) is 0.533. The maximum Gasteiger partial charge on any atom is 0.223 e. The number of hydrogen-bond acceptors (Lipinski definition) is 2. The van der Waals surface area contributed by atoms with Crippen molar-refractivity contribution >= 4 is 5.91 Å². The highest BCUT2D eigenvalue weighted by molar-refractivity contribution is 5.77. The minimum absolute atomic E-state index is 0.160. The van der Waals surface area contributed by atoms with E-state index in [9.17, 15) is 4.79 Å². The van der Waals surface area contributed by atoms with Gasteiger partial charge in [0.2, 0.25) is 5.91 Å². The first-order valence-corrected chi connectivity index (χ1v) is 6.49. The molecule has 0 atom stereocenters. The van der Waals surface area contributed by atoms with E-state index in [1.165, 1.54) is 5.56 Å². The van der Waals surface area contributed by atoms with Crippen molar-refractivity contribution in [2.75, 3.05) is 13.1 Å². The molecule has 0 saturated carbocycles. The lowest BCUT2D eigenvalue weighted by atomic mass is 10.0. The van der Waals surface area contributed by atoms with Gasteiger partial charge in [-0.3, -0.25) is 4.79 Å². The Morgan fingerprint density at radius 1 is 1.22 bits per heavy atom. The third kappa shape index (κ3) is 4.49. The Bertz CT molecular complexity index is 368. The SMILES string of the molecule is CC(C)(C)N(CCN)C(=O)CCc1ccccc1. The molecule has 1 aromatic rings. The van der Waals surface area contributed by atoms with Crippen LogP contribution >= 0.6 is 0 Å². The number of carbonyl (C=O) groups is 1. The highest BCUT2D eigenvalue weighted by Gasteiger charge is 2.24. The van der Waals surface area contributed by atoms with E-state index in [-0.39, 0.29) is 11.4 Å². The zero-order chi connectivity index (χ0) is 13.6. The fourth-order valence-electron chi connectivity index (χ4n) is 1.99. The Balaban J connectivity index is 2.57. The molecule has 0 spiro atoms. The Morgan fingerprint density at radius 2 is 1.83 bits per heavy atom. The van der Waals surface area contributed by atoms with Gasteiger partial charge in [0.05, 0.1) is 0 Å². The van der Waals surface area contributed by atoms with Gasteiger partial charge in [-0.2, -0.15) is 0 Å². The van der Waals surface area contributed by atoms with Crippen LogP contribution in [0.1, 0.15) is 32.8 Å². The molecule has 0 aromatic heterocycles. The van der Waals surface area contributed by atoms with Gasteiger partial charge in [0.15, 0.2) is 0 Å². The van der Waals surface area contributed by atoms with Gasteiger partial charge in [-0.1, -0.05) is 30.3 Å². The standard InChI is InChI=1S/C15H24N2O/c1-15(2,3)17(12-11-16)14(18)10-9-13-7-5-4-6-8-13/h4-8H,9-12,16H2,1-3H3. The molecule has 100 valence electrons. The van der Waals surface area contributed by atoms with Crippen molar-refractivity contribution in [3.63, 3.8) is 0 Å². The molecule has 0 aliphatic heterocycles. The molecular weight excluding hydrogens is 224 g/mol. The lowest BCUT2D eigenvalue weighted by Crippen LogP contribution is -2.48. The van der Waals surface area contributed by atoms with Crippen LogP contribution in [0.5, 0.6) is 0 Å². The first kappa shape index (κ1) is 14.7. The van der Waals surface area contributed by atoms with Gasteiger partial charge in [-0.15, -0.1) is 0 Å². The molecular formula is C15H24N2O. The Hall–Kier alpha value is -1.35. The van der Waals surface area contributed by atoms with Crippen molar-refractivity contribution < 1.29 is 4.79 Å². The van der Waals surface area contributed by atoms with E-state index in [1.807, 2.05) is 43.9 Å². The van der Waals surface area contributed by atoms with Crippen LogP contribution < -0.4 is 5.73 Å². The van der Waals surface area contributed by atoms with Gasteiger partial charge in [-0.25, -0.2) is 0 Å². The summed E-state index contributed by atoms with van der Waals surface area (Å²) in [5.41, 5.74) is 6.62. The highest BCUT2D eigenvalue weighted by Crippen LogP contribution is 2.15. The second kappa shape index (κ2) is 6.55. The van der Waals surface area contributed by atoms with E-state index in [2.05, 4.69) is 12.1 Å². The largest absolute Gasteiger partial charge is 0.337 e. The molecule has 0 heterocycles. The van der Waals surface area contributed by atoms with E-state index in [1.54, 1.807) is 0 Å². The summed E-state index contributed by atoms with van der Waals surface area (Å²) in [5.74, 6) is 0.178. The summed E-state index contributed by atoms with van der Waals surface area (Å²) in [6.45, 7) is 7.26. The molecule has 0 bridgehead atoms. The van der Waals surface area contributed by atoms with E-state index in [4.69, 9.17) is 5.73 Å². The molecule has 0 aliphatic rings. The number of nitrogens with zero attached hydrogens (tertiary/aromatic N) is 1. The lowest BCUT2D eigenvalue weighted by Gasteiger charge is -2.35. The molecule has 3 nitrogen and oxygen atoms in total. The summed E-state index contributed by atoms with van der Waals surface area (Å²) in [7, 11) is 0. The number of aryl methyl sites for hydroxylation is 1. The predicted molar refractivity (Wildman–Crippen MR) is 75.3 cm³/mol. The van der Waals surface area contributed by atoms with Crippen molar-refractivity contribution in [1.29, 1.82) is 0 Å². The summed E-state index contributed by atoms with van der Waals surface area (Å²) in [6, 6.07) is 10.1. The maximum absolute atomic E-state index is 12.2. The van der Waals surface area contributed by atoms with E-state index in [0.29, 0.717) is 19.5 Å². The molecule has 0 aliphatic carbocycles. The number of carbonyl (C=O) groups excluding carboxylic acids is 1. The maximum atomic E-state index is 12.2. The Labute approximate surface area is 110 Å². The second-order valence-electron chi connectivity index (χ2n) is 5.49. The summed E-state index contributed by atoms with van der Waals surface area (Å²) in [5, 5.41) is 0. The van der Waals surface area contributed by atoms with Crippen LogP contribution in [0, 0.1) is 0 Å². The van der Waals surface area contributed by atoms with Gasteiger partial charge in [0.25, 0.3) is 0 Å². The van der Waals surface area contributed by atoms with Crippen molar-refractivity contribution in [2.45, 2.75) is 39.2 Å². The lowest BCUT2D eigenvalue weighted by molar-refractivity contribution is -0.135. The van der Waals surface area contributed by atoms with Crippen molar-refractivity contribution in [1.82, 2.24) is 4.90 Å². The first-order valence-electron chi connectivity index (χ1n) is 6.49. The number of benzene rings is 1. The van der Waals surface area contributed by atoms with Gasteiger partial charge >= 0.3 is 0 Å². The minimum atomic E-state index is -0.160. The zero-order valence-corrected chi connectivity index (χ0v) is 11.6. The molecule has 0 saturated heterocycles.